The fraction of sp³-hybridized carbons (Fsp3) is 0.417. The predicted octanol–water partition coefficient (Wildman–Crippen LogP) is 1.39. The van der Waals surface area contributed by atoms with Crippen LogP contribution in [0.5, 0.6) is 0 Å². The average molecular weight is 199 g/mol. The van der Waals surface area contributed by atoms with Gasteiger partial charge in [0, 0.05) is 24.1 Å². The first-order chi connectivity index (χ1) is 7.38. The molecule has 0 radical (unpaired) electrons. The minimum atomic E-state index is 0.515. The number of allylic oxidation sites excluding steroid dienone is 5. The predicted molar refractivity (Wildman–Crippen MR) is 57.2 cm³/mol. The molecule has 0 saturated carbocycles. The van der Waals surface area contributed by atoms with Crippen LogP contribution in [0.15, 0.2) is 35.1 Å². The maximum absolute atomic E-state index is 8.89. The number of nitrogens with zero attached hydrogens (tertiary/aromatic N) is 1. The molecule has 1 heterocycles. The molecule has 2 atom stereocenters. The molecule has 0 amide bonds. The first-order valence-corrected chi connectivity index (χ1v) is 5.41. The van der Waals surface area contributed by atoms with Crippen molar-refractivity contribution < 1.29 is 0 Å². The summed E-state index contributed by atoms with van der Waals surface area (Å²) in [5.41, 5.74) is 9.82. The molecule has 3 aliphatic rings. The highest BCUT2D eigenvalue weighted by atomic mass is 15.4. The zero-order valence-corrected chi connectivity index (χ0v) is 8.46. The van der Waals surface area contributed by atoms with Gasteiger partial charge in [0.05, 0.1) is 11.6 Å². The van der Waals surface area contributed by atoms with Crippen LogP contribution >= 0.6 is 0 Å². The summed E-state index contributed by atoms with van der Waals surface area (Å²) >= 11 is 0. The number of fused-ring (bicyclic) bond motifs is 2. The molecule has 0 spiro atoms. The van der Waals surface area contributed by atoms with Crippen LogP contribution in [0.25, 0.3) is 0 Å². The normalized spacial score (nSPS) is 32.6. The van der Waals surface area contributed by atoms with Crippen molar-refractivity contribution in [3.8, 4) is 6.07 Å². The molecular formula is C12H13N3. The highest BCUT2D eigenvalue weighted by Crippen LogP contribution is 2.38. The molecule has 0 aromatic carbocycles. The van der Waals surface area contributed by atoms with E-state index in [1.54, 1.807) is 0 Å². The Morgan fingerprint density at radius 3 is 3.20 bits per heavy atom. The summed E-state index contributed by atoms with van der Waals surface area (Å²) in [6, 6.07) is 2.21. The second-order valence-corrected chi connectivity index (χ2v) is 4.33. The van der Waals surface area contributed by atoms with Crippen molar-refractivity contribution in [3.63, 3.8) is 0 Å². The van der Waals surface area contributed by atoms with Crippen LogP contribution in [0.4, 0.5) is 0 Å². The molecule has 3 nitrogen and oxygen atoms in total. The summed E-state index contributed by atoms with van der Waals surface area (Å²) in [4.78, 5) is 0. The highest BCUT2D eigenvalue weighted by Gasteiger charge is 2.31. The minimum Gasteiger partial charge on any atom is -0.325 e. The molecule has 3 heteroatoms. The molecule has 0 bridgehead atoms. The monoisotopic (exact) mass is 199 g/mol. The molecule has 0 aromatic heterocycles. The van der Waals surface area contributed by atoms with Crippen LogP contribution in [0, 0.1) is 23.2 Å². The van der Waals surface area contributed by atoms with Gasteiger partial charge in [-0.15, -0.1) is 0 Å². The molecule has 0 aromatic rings. The van der Waals surface area contributed by atoms with Gasteiger partial charge in [-0.3, -0.25) is 0 Å². The van der Waals surface area contributed by atoms with Crippen molar-refractivity contribution in [2.75, 3.05) is 6.54 Å². The van der Waals surface area contributed by atoms with Gasteiger partial charge in [0.1, 0.15) is 0 Å². The topological polar surface area (TPSA) is 47.9 Å². The maximum Gasteiger partial charge on any atom is 0.0991 e. The van der Waals surface area contributed by atoms with E-state index >= 15 is 0 Å². The third-order valence-electron chi connectivity index (χ3n) is 3.46. The summed E-state index contributed by atoms with van der Waals surface area (Å²) in [5.74, 6) is 1.14. The Morgan fingerprint density at radius 1 is 1.40 bits per heavy atom. The van der Waals surface area contributed by atoms with E-state index in [1.165, 1.54) is 24.1 Å². The van der Waals surface area contributed by atoms with E-state index in [0.717, 1.165) is 12.1 Å². The molecule has 15 heavy (non-hydrogen) atoms. The lowest BCUT2D eigenvalue weighted by molar-refractivity contribution is 0.487. The van der Waals surface area contributed by atoms with Gasteiger partial charge >= 0.3 is 0 Å². The average Bonchev–Trinajstić information content (AvgIpc) is 2.76. The molecular weight excluding hydrogens is 186 g/mol. The van der Waals surface area contributed by atoms with Gasteiger partial charge in [-0.05, 0) is 30.6 Å². The summed E-state index contributed by atoms with van der Waals surface area (Å²) in [5, 5.41) is 8.89. The lowest BCUT2D eigenvalue weighted by Gasteiger charge is -2.28. The van der Waals surface area contributed by atoms with Gasteiger partial charge < -0.3 is 5.43 Å². The molecule has 76 valence electrons. The molecule has 1 aliphatic heterocycles. The van der Waals surface area contributed by atoms with E-state index in [0.29, 0.717) is 11.8 Å². The third-order valence-corrected chi connectivity index (χ3v) is 3.46. The number of hydrogen-bond acceptors (Lipinski definition) is 3. The summed E-state index contributed by atoms with van der Waals surface area (Å²) in [6.45, 7) is 1.02. The minimum absolute atomic E-state index is 0.515. The Hall–Kier alpha value is -1.53. The zero-order valence-electron chi connectivity index (χ0n) is 8.46. The van der Waals surface area contributed by atoms with Gasteiger partial charge in [-0.1, -0.05) is 6.08 Å². The lowest BCUT2D eigenvalue weighted by atomic mass is 9.77. The molecule has 3 rings (SSSR count). The standard InChI is InChI=1S/C12H13N3/c13-6-8-1-2-9-3-4-10-7-14-15-12(10)11(9)5-8/h1-2,5,9-10,14-15H,3-4,7H2. The van der Waals surface area contributed by atoms with E-state index in [4.69, 9.17) is 5.26 Å². The maximum atomic E-state index is 8.89. The number of hydrogen-bond donors (Lipinski definition) is 2. The van der Waals surface area contributed by atoms with Gasteiger partial charge in [-0.2, -0.15) is 5.26 Å². The van der Waals surface area contributed by atoms with Crippen LogP contribution in [0.3, 0.4) is 0 Å². The molecule has 2 unspecified atom stereocenters. The Labute approximate surface area is 89.1 Å². The van der Waals surface area contributed by atoms with Crippen LogP contribution in [0.1, 0.15) is 12.8 Å². The number of rotatable bonds is 0. The van der Waals surface area contributed by atoms with Gasteiger partial charge in [0.25, 0.3) is 0 Å². The first-order valence-electron chi connectivity index (χ1n) is 5.41. The van der Waals surface area contributed by atoms with E-state index in [9.17, 15) is 0 Å². The third kappa shape index (κ3) is 1.30. The van der Waals surface area contributed by atoms with Crippen molar-refractivity contribution >= 4 is 0 Å². The number of nitrogens with one attached hydrogen (secondary N) is 2. The summed E-state index contributed by atoms with van der Waals surface area (Å²) in [7, 11) is 0. The van der Waals surface area contributed by atoms with E-state index < -0.39 is 0 Å². The van der Waals surface area contributed by atoms with Gasteiger partial charge in [0.15, 0.2) is 0 Å². The highest BCUT2D eigenvalue weighted by molar-refractivity contribution is 5.48. The van der Waals surface area contributed by atoms with Crippen molar-refractivity contribution in [3.05, 3.63) is 35.1 Å². The fourth-order valence-electron chi connectivity index (χ4n) is 2.65. The lowest BCUT2D eigenvalue weighted by Crippen LogP contribution is -2.24. The Balaban J connectivity index is 2.07. The smallest absolute Gasteiger partial charge is 0.0991 e. The van der Waals surface area contributed by atoms with Crippen LogP contribution in [-0.2, 0) is 0 Å². The molecule has 2 N–H and O–H groups in total. The SMILES string of the molecule is N#CC1=CC2=C3NNCC3CCC2C=C1. The number of hydrazine groups is 1. The van der Waals surface area contributed by atoms with Gasteiger partial charge in [0.2, 0.25) is 0 Å². The summed E-state index contributed by atoms with van der Waals surface area (Å²) in [6.07, 6.45) is 8.59. The Morgan fingerprint density at radius 2 is 2.33 bits per heavy atom. The van der Waals surface area contributed by atoms with E-state index in [1.807, 2.05) is 12.2 Å². The first kappa shape index (κ1) is 8.75. The van der Waals surface area contributed by atoms with Crippen LogP contribution < -0.4 is 10.9 Å². The largest absolute Gasteiger partial charge is 0.325 e. The number of nitriles is 1. The van der Waals surface area contributed by atoms with Crippen LogP contribution in [0.2, 0.25) is 0 Å². The Bertz CT molecular complexity index is 423. The van der Waals surface area contributed by atoms with E-state index in [2.05, 4.69) is 23.0 Å². The van der Waals surface area contributed by atoms with E-state index in [-0.39, 0.29) is 0 Å². The second kappa shape index (κ2) is 3.25. The summed E-state index contributed by atoms with van der Waals surface area (Å²) < 4.78 is 0. The molecule has 1 saturated heterocycles. The molecule has 1 fully saturated rings. The fourth-order valence-corrected chi connectivity index (χ4v) is 2.65. The van der Waals surface area contributed by atoms with Crippen molar-refractivity contribution in [1.29, 1.82) is 5.26 Å². The van der Waals surface area contributed by atoms with Crippen LogP contribution in [-0.4, -0.2) is 6.54 Å². The van der Waals surface area contributed by atoms with Crippen molar-refractivity contribution in [2.45, 2.75) is 12.8 Å². The Kier molecular flexibility index (Phi) is 1.90. The molecule has 2 aliphatic carbocycles. The quantitative estimate of drug-likeness (QED) is 0.620. The van der Waals surface area contributed by atoms with Crippen molar-refractivity contribution in [1.82, 2.24) is 10.9 Å². The van der Waals surface area contributed by atoms with Crippen molar-refractivity contribution in [2.24, 2.45) is 11.8 Å². The zero-order chi connectivity index (χ0) is 10.3. The van der Waals surface area contributed by atoms with Gasteiger partial charge in [-0.25, -0.2) is 5.43 Å². The second-order valence-electron chi connectivity index (χ2n) is 4.33.